The minimum atomic E-state index is -0.468. The van der Waals surface area contributed by atoms with Crippen LogP contribution in [-0.2, 0) is 0 Å². The molecule has 27 heavy (non-hydrogen) atoms. The van der Waals surface area contributed by atoms with E-state index in [1.165, 1.54) is 6.07 Å². The highest BCUT2D eigenvalue weighted by Gasteiger charge is 2.41. The highest BCUT2D eigenvalue weighted by atomic mass is 32.1. The van der Waals surface area contributed by atoms with E-state index in [9.17, 15) is 10.1 Å². The summed E-state index contributed by atoms with van der Waals surface area (Å²) in [4.78, 5) is 11.5. The quantitative estimate of drug-likeness (QED) is 0.481. The maximum atomic E-state index is 11.1. The Bertz CT molecular complexity index is 1050. The summed E-state index contributed by atoms with van der Waals surface area (Å²) in [5, 5.41) is 18.0. The molecule has 3 aromatic rings. The second-order valence-corrected chi connectivity index (χ2v) is 7.55. The SMILES string of the molecule is O=[N+]([O-])c1ccc([C@@H]2Oc3ccccc3[C@H]3CC(c4ccccc4)=NN32)s1. The highest BCUT2D eigenvalue weighted by Crippen LogP contribution is 2.48. The van der Waals surface area contributed by atoms with Gasteiger partial charge in [-0.2, -0.15) is 5.10 Å². The number of hydrogen-bond donors (Lipinski definition) is 0. The summed E-state index contributed by atoms with van der Waals surface area (Å²) in [5.74, 6) is 0.810. The Morgan fingerprint density at radius 1 is 1.07 bits per heavy atom. The van der Waals surface area contributed by atoms with Crippen molar-refractivity contribution in [1.82, 2.24) is 5.01 Å². The zero-order valence-corrected chi connectivity index (χ0v) is 15.0. The second-order valence-electron chi connectivity index (χ2n) is 6.45. The number of nitrogens with zero attached hydrogens (tertiary/aromatic N) is 3. The van der Waals surface area contributed by atoms with Gasteiger partial charge in [-0.15, -0.1) is 0 Å². The van der Waals surface area contributed by atoms with Gasteiger partial charge >= 0.3 is 5.00 Å². The Balaban J connectivity index is 1.59. The molecule has 6 nitrogen and oxygen atoms in total. The van der Waals surface area contributed by atoms with Gasteiger partial charge in [0, 0.05) is 18.1 Å². The van der Waals surface area contributed by atoms with Crippen LogP contribution < -0.4 is 4.74 Å². The van der Waals surface area contributed by atoms with Crippen LogP contribution in [0.2, 0.25) is 0 Å². The van der Waals surface area contributed by atoms with E-state index in [0.717, 1.165) is 45.2 Å². The summed E-state index contributed by atoms with van der Waals surface area (Å²) in [6.45, 7) is 0. The van der Waals surface area contributed by atoms with E-state index in [1.54, 1.807) is 6.07 Å². The molecule has 134 valence electrons. The standard InChI is InChI=1S/C20H15N3O3S/c24-23(25)19-11-10-18(27-19)20-22-16(14-8-4-5-9-17(14)26-20)12-15(21-22)13-6-2-1-3-7-13/h1-11,16,20H,12H2/t16-,20+/m1/s1. The summed E-state index contributed by atoms with van der Waals surface area (Å²) in [6, 6.07) is 21.4. The molecule has 0 amide bonds. The van der Waals surface area contributed by atoms with E-state index in [4.69, 9.17) is 9.84 Å². The molecule has 0 bridgehead atoms. The third-order valence-electron chi connectivity index (χ3n) is 4.84. The van der Waals surface area contributed by atoms with Crippen LogP contribution in [0, 0.1) is 10.1 Å². The van der Waals surface area contributed by atoms with E-state index < -0.39 is 6.23 Å². The van der Waals surface area contributed by atoms with Crippen LogP contribution in [0.25, 0.3) is 0 Å². The van der Waals surface area contributed by atoms with Crippen LogP contribution in [0.15, 0.2) is 71.8 Å². The largest absolute Gasteiger partial charge is 0.464 e. The molecule has 0 spiro atoms. The predicted octanol–water partition coefficient (Wildman–Crippen LogP) is 4.90. The Kier molecular flexibility index (Phi) is 3.68. The molecule has 2 aromatic carbocycles. The number of para-hydroxylation sites is 1. The first kappa shape index (κ1) is 16.0. The highest BCUT2D eigenvalue weighted by molar-refractivity contribution is 7.15. The van der Waals surface area contributed by atoms with Gasteiger partial charge in [0.05, 0.1) is 21.6 Å². The first-order chi connectivity index (χ1) is 13.2. The van der Waals surface area contributed by atoms with Crippen molar-refractivity contribution in [3.8, 4) is 5.75 Å². The Labute approximate surface area is 159 Å². The number of fused-ring (bicyclic) bond motifs is 3. The maximum Gasteiger partial charge on any atom is 0.324 e. The van der Waals surface area contributed by atoms with Gasteiger partial charge in [0.25, 0.3) is 0 Å². The van der Waals surface area contributed by atoms with Gasteiger partial charge in [0.2, 0.25) is 6.23 Å². The zero-order chi connectivity index (χ0) is 18.4. The monoisotopic (exact) mass is 377 g/mol. The molecule has 2 aliphatic heterocycles. The van der Waals surface area contributed by atoms with Crippen molar-refractivity contribution in [3.63, 3.8) is 0 Å². The van der Waals surface area contributed by atoms with Crippen molar-refractivity contribution in [1.29, 1.82) is 0 Å². The molecule has 5 rings (SSSR count). The predicted molar refractivity (Wildman–Crippen MR) is 103 cm³/mol. The number of nitro groups is 1. The van der Waals surface area contributed by atoms with Crippen molar-refractivity contribution >= 4 is 22.0 Å². The molecule has 7 heteroatoms. The molecule has 1 aromatic heterocycles. The Hall–Kier alpha value is -3.19. The molecule has 0 unspecified atom stereocenters. The summed E-state index contributed by atoms with van der Waals surface area (Å²) in [6.07, 6.45) is 0.304. The summed E-state index contributed by atoms with van der Waals surface area (Å²) >= 11 is 1.13. The number of rotatable bonds is 3. The van der Waals surface area contributed by atoms with Gasteiger partial charge in [-0.1, -0.05) is 59.9 Å². The van der Waals surface area contributed by atoms with Crippen molar-refractivity contribution in [2.75, 3.05) is 0 Å². The molecule has 0 saturated heterocycles. The smallest absolute Gasteiger partial charge is 0.324 e. The fourth-order valence-electron chi connectivity index (χ4n) is 3.60. The molecule has 2 aliphatic rings. The van der Waals surface area contributed by atoms with Crippen LogP contribution in [0.4, 0.5) is 5.00 Å². The van der Waals surface area contributed by atoms with E-state index in [2.05, 4.69) is 18.2 Å². The Morgan fingerprint density at radius 2 is 1.85 bits per heavy atom. The van der Waals surface area contributed by atoms with Gasteiger partial charge in [-0.05, 0) is 17.7 Å². The van der Waals surface area contributed by atoms with Crippen molar-refractivity contribution in [2.45, 2.75) is 18.7 Å². The van der Waals surface area contributed by atoms with Crippen LogP contribution in [0.1, 0.15) is 34.7 Å². The molecule has 0 N–H and O–H groups in total. The fourth-order valence-corrected chi connectivity index (χ4v) is 4.45. The number of hydrazone groups is 1. The number of hydrogen-bond acceptors (Lipinski definition) is 6. The summed E-state index contributed by atoms with van der Waals surface area (Å²) in [7, 11) is 0. The van der Waals surface area contributed by atoms with Crippen molar-refractivity contribution in [2.24, 2.45) is 5.10 Å². The molecule has 0 aliphatic carbocycles. The van der Waals surface area contributed by atoms with Crippen LogP contribution in [-0.4, -0.2) is 15.6 Å². The van der Waals surface area contributed by atoms with Crippen molar-refractivity contribution < 1.29 is 9.66 Å². The number of benzene rings is 2. The lowest BCUT2D eigenvalue weighted by Crippen LogP contribution is -2.33. The lowest BCUT2D eigenvalue weighted by Gasteiger charge is -2.37. The van der Waals surface area contributed by atoms with Crippen LogP contribution >= 0.6 is 11.3 Å². The average Bonchev–Trinajstić information content (AvgIpc) is 3.36. The molecular weight excluding hydrogens is 362 g/mol. The maximum absolute atomic E-state index is 11.1. The van der Waals surface area contributed by atoms with E-state index in [1.807, 2.05) is 41.4 Å². The first-order valence-electron chi connectivity index (χ1n) is 8.61. The lowest BCUT2D eigenvalue weighted by atomic mass is 9.96. The number of thiophene rings is 1. The van der Waals surface area contributed by atoms with Gasteiger partial charge in [0.15, 0.2) is 0 Å². The molecule has 3 heterocycles. The number of ether oxygens (including phenoxy) is 1. The average molecular weight is 377 g/mol. The summed E-state index contributed by atoms with van der Waals surface area (Å²) < 4.78 is 6.22. The normalized spacial score (nSPS) is 20.4. The van der Waals surface area contributed by atoms with Crippen molar-refractivity contribution in [3.05, 3.63) is 92.8 Å². The molecule has 2 atom stereocenters. The molecule has 0 radical (unpaired) electrons. The minimum Gasteiger partial charge on any atom is -0.464 e. The second kappa shape index (κ2) is 6.21. The fraction of sp³-hybridized carbons (Fsp3) is 0.150. The molecule has 0 fully saturated rings. The first-order valence-corrected chi connectivity index (χ1v) is 9.43. The molecular formula is C20H15N3O3S. The third kappa shape index (κ3) is 2.67. The van der Waals surface area contributed by atoms with Crippen LogP contribution in [0.5, 0.6) is 5.75 Å². The Morgan fingerprint density at radius 3 is 2.63 bits per heavy atom. The zero-order valence-electron chi connectivity index (χ0n) is 14.2. The summed E-state index contributed by atoms with van der Waals surface area (Å²) in [5.41, 5.74) is 3.17. The minimum absolute atomic E-state index is 0.0521. The van der Waals surface area contributed by atoms with E-state index in [0.29, 0.717) is 0 Å². The van der Waals surface area contributed by atoms with E-state index in [-0.39, 0.29) is 16.0 Å². The lowest BCUT2D eigenvalue weighted by molar-refractivity contribution is -0.380. The molecule has 0 saturated carbocycles. The third-order valence-corrected chi connectivity index (χ3v) is 5.91. The van der Waals surface area contributed by atoms with Gasteiger partial charge < -0.3 is 4.74 Å². The van der Waals surface area contributed by atoms with Gasteiger partial charge in [-0.25, -0.2) is 5.01 Å². The van der Waals surface area contributed by atoms with Crippen LogP contribution in [0.3, 0.4) is 0 Å². The van der Waals surface area contributed by atoms with E-state index >= 15 is 0 Å². The topological polar surface area (TPSA) is 68.0 Å². The van der Waals surface area contributed by atoms with Gasteiger partial charge in [-0.3, -0.25) is 10.1 Å². The van der Waals surface area contributed by atoms with Gasteiger partial charge in [0.1, 0.15) is 5.75 Å².